The number of imide groups is 1. The SMILES string of the molecule is COc1ccccc1C[C@H]1CC(=O)N(c2cccc(Cl)c2C)C1=O. The molecular formula is C19H18ClNO3. The van der Waals surface area contributed by atoms with Gasteiger partial charge >= 0.3 is 0 Å². The van der Waals surface area contributed by atoms with Gasteiger partial charge in [-0.25, -0.2) is 4.90 Å². The summed E-state index contributed by atoms with van der Waals surface area (Å²) in [5.74, 6) is -0.0242. The number of hydrogen-bond donors (Lipinski definition) is 0. The van der Waals surface area contributed by atoms with Crippen LogP contribution in [0.4, 0.5) is 5.69 Å². The van der Waals surface area contributed by atoms with Crippen molar-refractivity contribution in [3.8, 4) is 5.75 Å². The number of methoxy groups -OCH3 is 1. The van der Waals surface area contributed by atoms with Gasteiger partial charge in [0.25, 0.3) is 0 Å². The summed E-state index contributed by atoms with van der Waals surface area (Å²) >= 11 is 6.13. The quantitative estimate of drug-likeness (QED) is 0.794. The minimum absolute atomic E-state index is 0.184. The summed E-state index contributed by atoms with van der Waals surface area (Å²) in [6.45, 7) is 1.81. The maximum absolute atomic E-state index is 12.8. The normalized spacial score (nSPS) is 17.5. The van der Waals surface area contributed by atoms with Crippen LogP contribution in [-0.2, 0) is 16.0 Å². The fraction of sp³-hybridized carbons (Fsp3) is 0.263. The molecule has 1 saturated heterocycles. The zero-order chi connectivity index (χ0) is 17.3. The molecule has 124 valence electrons. The molecule has 1 atom stereocenters. The van der Waals surface area contributed by atoms with E-state index in [1.54, 1.807) is 25.3 Å². The van der Waals surface area contributed by atoms with Crippen LogP contribution in [0, 0.1) is 12.8 Å². The molecule has 0 radical (unpaired) electrons. The summed E-state index contributed by atoms with van der Waals surface area (Å²) in [5.41, 5.74) is 2.23. The van der Waals surface area contributed by atoms with Crippen LogP contribution in [0.5, 0.6) is 5.75 Å². The van der Waals surface area contributed by atoms with E-state index in [1.807, 2.05) is 31.2 Å². The van der Waals surface area contributed by atoms with Crippen molar-refractivity contribution in [1.29, 1.82) is 0 Å². The van der Waals surface area contributed by atoms with E-state index in [4.69, 9.17) is 16.3 Å². The summed E-state index contributed by atoms with van der Waals surface area (Å²) in [7, 11) is 1.60. The number of halogens is 1. The van der Waals surface area contributed by atoms with Crippen LogP contribution in [0.2, 0.25) is 5.02 Å². The Labute approximate surface area is 146 Å². The third-order valence-corrected chi connectivity index (χ3v) is 4.79. The second-order valence-electron chi connectivity index (χ2n) is 5.87. The lowest BCUT2D eigenvalue weighted by Crippen LogP contribution is -2.31. The van der Waals surface area contributed by atoms with Gasteiger partial charge in [0.1, 0.15) is 5.75 Å². The van der Waals surface area contributed by atoms with Crippen molar-refractivity contribution in [2.24, 2.45) is 5.92 Å². The fourth-order valence-electron chi connectivity index (χ4n) is 3.08. The molecule has 1 aliphatic heterocycles. The maximum atomic E-state index is 12.8. The van der Waals surface area contributed by atoms with Gasteiger partial charge in [-0.2, -0.15) is 0 Å². The van der Waals surface area contributed by atoms with Gasteiger partial charge < -0.3 is 4.74 Å². The molecule has 2 aromatic carbocycles. The highest BCUT2D eigenvalue weighted by atomic mass is 35.5. The molecule has 0 N–H and O–H groups in total. The highest BCUT2D eigenvalue weighted by Gasteiger charge is 2.40. The molecule has 1 aliphatic rings. The van der Waals surface area contributed by atoms with Gasteiger partial charge in [-0.15, -0.1) is 0 Å². The minimum atomic E-state index is -0.382. The van der Waals surface area contributed by atoms with Gasteiger partial charge in [-0.3, -0.25) is 9.59 Å². The molecule has 2 amide bonds. The first-order valence-corrected chi connectivity index (χ1v) is 8.14. The number of anilines is 1. The lowest BCUT2D eigenvalue weighted by Gasteiger charge is -2.18. The molecule has 5 heteroatoms. The molecule has 3 rings (SSSR count). The number of ether oxygens (including phenoxy) is 1. The Morgan fingerprint density at radius 2 is 1.92 bits per heavy atom. The maximum Gasteiger partial charge on any atom is 0.237 e. The van der Waals surface area contributed by atoms with Crippen molar-refractivity contribution in [2.45, 2.75) is 19.8 Å². The zero-order valence-corrected chi connectivity index (χ0v) is 14.3. The number of benzene rings is 2. The third kappa shape index (κ3) is 2.89. The third-order valence-electron chi connectivity index (χ3n) is 4.38. The molecule has 1 heterocycles. The average Bonchev–Trinajstić information content (AvgIpc) is 2.85. The van der Waals surface area contributed by atoms with Crippen LogP contribution >= 0.6 is 11.6 Å². The van der Waals surface area contributed by atoms with Crippen LogP contribution in [0.3, 0.4) is 0 Å². The number of nitrogens with zero attached hydrogens (tertiary/aromatic N) is 1. The Balaban J connectivity index is 1.88. The van der Waals surface area contributed by atoms with E-state index >= 15 is 0 Å². The molecule has 0 aromatic heterocycles. The van der Waals surface area contributed by atoms with E-state index in [-0.39, 0.29) is 24.2 Å². The van der Waals surface area contributed by atoms with E-state index in [1.165, 1.54) is 4.90 Å². The molecule has 0 spiro atoms. The Hall–Kier alpha value is -2.33. The number of rotatable bonds is 4. The zero-order valence-electron chi connectivity index (χ0n) is 13.6. The van der Waals surface area contributed by atoms with Gasteiger partial charge in [0.05, 0.1) is 18.7 Å². The van der Waals surface area contributed by atoms with Gasteiger partial charge in [0.2, 0.25) is 11.8 Å². The Morgan fingerprint density at radius 1 is 1.17 bits per heavy atom. The molecule has 2 aromatic rings. The Kier molecular flexibility index (Phi) is 4.58. The summed E-state index contributed by atoms with van der Waals surface area (Å²) in [6.07, 6.45) is 0.674. The first-order chi connectivity index (χ1) is 11.5. The molecule has 0 unspecified atom stereocenters. The van der Waals surface area contributed by atoms with Crippen LogP contribution in [0.15, 0.2) is 42.5 Å². The van der Waals surface area contributed by atoms with Gasteiger partial charge in [0.15, 0.2) is 0 Å². The lowest BCUT2D eigenvalue weighted by atomic mass is 9.97. The topological polar surface area (TPSA) is 46.6 Å². The minimum Gasteiger partial charge on any atom is -0.496 e. The molecule has 1 fully saturated rings. The van der Waals surface area contributed by atoms with Crippen molar-refractivity contribution in [3.05, 3.63) is 58.6 Å². The fourth-order valence-corrected chi connectivity index (χ4v) is 3.25. The highest BCUT2D eigenvalue weighted by molar-refractivity contribution is 6.32. The van der Waals surface area contributed by atoms with Gasteiger partial charge in [-0.1, -0.05) is 35.9 Å². The van der Waals surface area contributed by atoms with E-state index < -0.39 is 0 Å². The first kappa shape index (κ1) is 16.5. The number of carbonyl (C=O) groups excluding carboxylic acids is 2. The van der Waals surface area contributed by atoms with Gasteiger partial charge in [-0.05, 0) is 42.7 Å². The Bertz CT molecular complexity index is 803. The summed E-state index contributed by atoms with van der Waals surface area (Å²) < 4.78 is 5.34. The van der Waals surface area contributed by atoms with E-state index in [0.29, 0.717) is 17.1 Å². The molecule has 0 saturated carbocycles. The van der Waals surface area contributed by atoms with E-state index in [2.05, 4.69) is 0 Å². The predicted octanol–water partition coefficient (Wildman–Crippen LogP) is 3.78. The van der Waals surface area contributed by atoms with Crippen molar-refractivity contribution in [2.75, 3.05) is 12.0 Å². The van der Waals surface area contributed by atoms with Crippen molar-refractivity contribution in [1.82, 2.24) is 0 Å². The molecular weight excluding hydrogens is 326 g/mol. The first-order valence-electron chi connectivity index (χ1n) is 7.76. The van der Waals surface area contributed by atoms with Crippen LogP contribution < -0.4 is 9.64 Å². The average molecular weight is 344 g/mol. The summed E-state index contributed by atoms with van der Waals surface area (Å²) in [4.78, 5) is 26.5. The predicted molar refractivity (Wildman–Crippen MR) is 93.5 cm³/mol. The van der Waals surface area contributed by atoms with Crippen molar-refractivity contribution >= 4 is 29.1 Å². The van der Waals surface area contributed by atoms with E-state index in [9.17, 15) is 9.59 Å². The van der Waals surface area contributed by atoms with Crippen molar-refractivity contribution < 1.29 is 14.3 Å². The number of para-hydroxylation sites is 1. The lowest BCUT2D eigenvalue weighted by molar-refractivity contribution is -0.122. The molecule has 24 heavy (non-hydrogen) atoms. The monoisotopic (exact) mass is 343 g/mol. The largest absolute Gasteiger partial charge is 0.496 e. The number of amides is 2. The molecule has 4 nitrogen and oxygen atoms in total. The van der Waals surface area contributed by atoms with Gasteiger partial charge in [0, 0.05) is 11.4 Å². The van der Waals surface area contributed by atoms with Crippen LogP contribution in [0.1, 0.15) is 17.5 Å². The standard InChI is InChI=1S/C19H18ClNO3/c1-12-15(20)7-5-8-16(12)21-18(22)11-14(19(21)23)10-13-6-3-4-9-17(13)24-2/h3-9,14H,10-11H2,1-2H3/t14-/m0/s1. The highest BCUT2D eigenvalue weighted by Crippen LogP contribution is 2.34. The second-order valence-corrected chi connectivity index (χ2v) is 6.28. The van der Waals surface area contributed by atoms with E-state index in [0.717, 1.165) is 16.9 Å². The van der Waals surface area contributed by atoms with Crippen molar-refractivity contribution in [3.63, 3.8) is 0 Å². The molecule has 0 bridgehead atoms. The molecule has 0 aliphatic carbocycles. The summed E-state index contributed by atoms with van der Waals surface area (Å²) in [6, 6.07) is 12.8. The Morgan fingerprint density at radius 3 is 2.67 bits per heavy atom. The van der Waals surface area contributed by atoms with Crippen LogP contribution in [0.25, 0.3) is 0 Å². The summed E-state index contributed by atoms with van der Waals surface area (Å²) in [5, 5.41) is 0.543. The number of hydrogen-bond acceptors (Lipinski definition) is 3. The second kappa shape index (κ2) is 6.65. The smallest absolute Gasteiger partial charge is 0.237 e. The number of carbonyl (C=O) groups is 2. The van der Waals surface area contributed by atoms with Crippen LogP contribution in [-0.4, -0.2) is 18.9 Å².